The standard InChI is InChI=1S/C21H15N3O3/c25-18-10-9-12-5-1-2-6-13(12)19(18)17-11-15(20(26)27)23-21-22-14-7-3-4-8-16(14)24(17)21/h1-11,17,25H,(H,22,23)(H,26,27)/t17-/m0/s1. The van der Waals surface area contributed by atoms with Crippen LogP contribution in [0.15, 0.2) is 72.4 Å². The first-order valence-electron chi connectivity index (χ1n) is 8.53. The summed E-state index contributed by atoms with van der Waals surface area (Å²) in [5.74, 6) is -0.517. The number of phenols is 1. The van der Waals surface area contributed by atoms with Crippen molar-refractivity contribution in [2.45, 2.75) is 6.04 Å². The van der Waals surface area contributed by atoms with Crippen LogP contribution in [0.25, 0.3) is 21.8 Å². The molecule has 3 aromatic carbocycles. The maximum Gasteiger partial charge on any atom is 0.352 e. The summed E-state index contributed by atoms with van der Waals surface area (Å²) in [4.78, 5) is 16.2. The first-order valence-corrected chi connectivity index (χ1v) is 8.53. The fraction of sp³-hybridized carbons (Fsp3) is 0.0476. The monoisotopic (exact) mass is 357 g/mol. The van der Waals surface area contributed by atoms with Gasteiger partial charge in [-0.05, 0) is 35.0 Å². The van der Waals surface area contributed by atoms with Crippen molar-refractivity contribution in [2.24, 2.45) is 0 Å². The molecule has 1 aliphatic heterocycles. The van der Waals surface area contributed by atoms with E-state index in [2.05, 4.69) is 10.3 Å². The lowest BCUT2D eigenvalue weighted by Crippen LogP contribution is -2.23. The highest BCUT2D eigenvalue weighted by molar-refractivity contribution is 5.94. The maximum atomic E-state index is 11.7. The molecule has 0 spiro atoms. The normalized spacial score (nSPS) is 16.0. The number of nitrogens with zero attached hydrogens (tertiary/aromatic N) is 2. The van der Waals surface area contributed by atoms with Crippen LogP contribution in [0.2, 0.25) is 0 Å². The third-order valence-electron chi connectivity index (χ3n) is 4.92. The SMILES string of the molecule is O=C(O)C1=C[C@@H](c2c(O)ccc3ccccc23)n2c(nc3ccccc32)N1. The molecule has 0 aliphatic carbocycles. The molecule has 1 aliphatic rings. The summed E-state index contributed by atoms with van der Waals surface area (Å²) in [7, 11) is 0. The van der Waals surface area contributed by atoms with E-state index in [0.717, 1.165) is 21.8 Å². The van der Waals surface area contributed by atoms with Gasteiger partial charge in [0.1, 0.15) is 11.4 Å². The number of hydrogen-bond donors (Lipinski definition) is 3. The smallest absolute Gasteiger partial charge is 0.352 e. The van der Waals surface area contributed by atoms with Gasteiger partial charge < -0.3 is 15.5 Å². The molecule has 0 unspecified atom stereocenters. The number of aromatic nitrogens is 2. The molecule has 0 bridgehead atoms. The molecule has 6 heteroatoms. The van der Waals surface area contributed by atoms with Crippen molar-refractivity contribution >= 4 is 33.7 Å². The number of phenolic OH excluding ortho intramolecular Hbond substituents is 1. The van der Waals surface area contributed by atoms with E-state index in [1.165, 1.54) is 0 Å². The van der Waals surface area contributed by atoms with E-state index in [1.807, 2.05) is 59.2 Å². The average Bonchev–Trinajstić information content (AvgIpc) is 3.06. The minimum atomic E-state index is -1.07. The van der Waals surface area contributed by atoms with Gasteiger partial charge >= 0.3 is 5.97 Å². The molecule has 0 fully saturated rings. The van der Waals surface area contributed by atoms with E-state index in [4.69, 9.17) is 0 Å². The highest BCUT2D eigenvalue weighted by atomic mass is 16.4. The summed E-state index contributed by atoms with van der Waals surface area (Å²) in [5.41, 5.74) is 2.30. The van der Waals surface area contributed by atoms with Gasteiger partial charge in [0.15, 0.2) is 0 Å². The molecular weight excluding hydrogens is 342 g/mol. The third-order valence-corrected chi connectivity index (χ3v) is 4.92. The number of aliphatic carboxylic acids is 1. The predicted octanol–water partition coefficient (Wildman–Crippen LogP) is 3.88. The number of carboxylic acid groups (broad SMARTS) is 1. The number of allylic oxidation sites excluding steroid dienone is 1. The number of rotatable bonds is 2. The van der Waals surface area contributed by atoms with Crippen molar-refractivity contribution in [3.8, 4) is 5.75 Å². The fourth-order valence-electron chi connectivity index (χ4n) is 3.74. The number of imidazole rings is 1. The number of carbonyl (C=O) groups is 1. The van der Waals surface area contributed by atoms with Gasteiger partial charge in [-0.25, -0.2) is 9.78 Å². The van der Waals surface area contributed by atoms with Gasteiger partial charge in [-0.2, -0.15) is 0 Å². The van der Waals surface area contributed by atoms with Gasteiger partial charge in [0.05, 0.1) is 17.1 Å². The summed E-state index contributed by atoms with van der Waals surface area (Å²) >= 11 is 0. The lowest BCUT2D eigenvalue weighted by Gasteiger charge is -2.26. The minimum absolute atomic E-state index is 0.0372. The molecule has 132 valence electrons. The van der Waals surface area contributed by atoms with Crippen LogP contribution in [0.3, 0.4) is 0 Å². The van der Waals surface area contributed by atoms with Crippen molar-refractivity contribution in [2.75, 3.05) is 5.32 Å². The van der Waals surface area contributed by atoms with Gasteiger partial charge in [0, 0.05) is 5.56 Å². The van der Waals surface area contributed by atoms with Gasteiger partial charge in [0.2, 0.25) is 5.95 Å². The summed E-state index contributed by atoms with van der Waals surface area (Å²) in [6, 6.07) is 18.3. The number of nitrogens with one attached hydrogen (secondary N) is 1. The Kier molecular flexibility index (Phi) is 3.21. The minimum Gasteiger partial charge on any atom is -0.508 e. The van der Waals surface area contributed by atoms with Crippen molar-refractivity contribution in [3.05, 3.63) is 78.0 Å². The Bertz CT molecular complexity index is 1260. The van der Waals surface area contributed by atoms with Crippen LogP contribution in [-0.4, -0.2) is 25.7 Å². The zero-order valence-electron chi connectivity index (χ0n) is 14.1. The first kappa shape index (κ1) is 15.5. The molecule has 4 aromatic rings. The molecule has 1 aromatic heterocycles. The number of anilines is 1. The van der Waals surface area contributed by atoms with E-state index in [1.54, 1.807) is 12.1 Å². The summed E-state index contributed by atoms with van der Waals surface area (Å²) < 4.78 is 1.92. The second kappa shape index (κ2) is 5.60. The Labute approximate surface area is 154 Å². The molecule has 6 nitrogen and oxygen atoms in total. The van der Waals surface area contributed by atoms with Crippen LogP contribution >= 0.6 is 0 Å². The molecule has 0 radical (unpaired) electrons. The van der Waals surface area contributed by atoms with Crippen LogP contribution in [0.5, 0.6) is 5.75 Å². The Morgan fingerprint density at radius 3 is 2.67 bits per heavy atom. The van der Waals surface area contributed by atoms with Gasteiger partial charge in [-0.3, -0.25) is 4.57 Å². The number of fused-ring (bicyclic) bond motifs is 4. The molecule has 0 saturated heterocycles. The van der Waals surface area contributed by atoms with Crippen LogP contribution < -0.4 is 5.32 Å². The van der Waals surface area contributed by atoms with E-state index in [0.29, 0.717) is 11.5 Å². The maximum absolute atomic E-state index is 11.7. The molecule has 2 heterocycles. The third kappa shape index (κ3) is 2.27. The Morgan fingerprint density at radius 2 is 1.81 bits per heavy atom. The molecule has 3 N–H and O–H groups in total. The van der Waals surface area contributed by atoms with Crippen molar-refractivity contribution in [1.82, 2.24) is 9.55 Å². The first-order chi connectivity index (χ1) is 13.1. The lowest BCUT2D eigenvalue weighted by atomic mass is 9.95. The topological polar surface area (TPSA) is 87.4 Å². The predicted molar refractivity (Wildman–Crippen MR) is 103 cm³/mol. The summed E-state index contributed by atoms with van der Waals surface area (Å²) in [6.45, 7) is 0. The number of hydrogen-bond acceptors (Lipinski definition) is 4. The van der Waals surface area contributed by atoms with Gasteiger partial charge in [-0.1, -0.05) is 42.5 Å². The Hall–Kier alpha value is -3.80. The second-order valence-corrected chi connectivity index (χ2v) is 6.47. The lowest BCUT2D eigenvalue weighted by molar-refractivity contribution is -0.132. The molecule has 0 amide bonds. The highest BCUT2D eigenvalue weighted by Gasteiger charge is 2.29. The van der Waals surface area contributed by atoms with Crippen LogP contribution in [0.4, 0.5) is 5.95 Å². The van der Waals surface area contributed by atoms with Gasteiger partial charge in [-0.15, -0.1) is 0 Å². The Morgan fingerprint density at radius 1 is 1.04 bits per heavy atom. The summed E-state index contributed by atoms with van der Waals surface area (Å²) in [6.07, 6.45) is 1.62. The number of aromatic hydroxyl groups is 1. The average molecular weight is 357 g/mol. The zero-order chi connectivity index (χ0) is 18.5. The summed E-state index contributed by atoms with van der Waals surface area (Å²) in [5, 5.41) is 25.0. The largest absolute Gasteiger partial charge is 0.508 e. The van der Waals surface area contributed by atoms with Gasteiger partial charge in [0.25, 0.3) is 0 Å². The van der Waals surface area contributed by atoms with E-state index >= 15 is 0 Å². The van der Waals surface area contributed by atoms with Crippen molar-refractivity contribution in [1.29, 1.82) is 0 Å². The fourth-order valence-corrected chi connectivity index (χ4v) is 3.74. The van der Waals surface area contributed by atoms with Crippen LogP contribution in [0, 0.1) is 0 Å². The van der Waals surface area contributed by atoms with E-state index in [-0.39, 0.29) is 11.4 Å². The van der Waals surface area contributed by atoms with E-state index < -0.39 is 12.0 Å². The van der Waals surface area contributed by atoms with Crippen molar-refractivity contribution in [3.63, 3.8) is 0 Å². The number of carboxylic acids is 1. The molecule has 0 saturated carbocycles. The van der Waals surface area contributed by atoms with Crippen LogP contribution in [-0.2, 0) is 4.79 Å². The molecule has 27 heavy (non-hydrogen) atoms. The molecule has 5 rings (SSSR count). The number of para-hydroxylation sites is 2. The molecular formula is C21H15N3O3. The van der Waals surface area contributed by atoms with Crippen molar-refractivity contribution < 1.29 is 15.0 Å². The Balaban J connectivity index is 1.87. The number of benzene rings is 3. The quantitative estimate of drug-likeness (QED) is 0.507. The van der Waals surface area contributed by atoms with E-state index in [9.17, 15) is 15.0 Å². The second-order valence-electron chi connectivity index (χ2n) is 6.47. The molecule has 1 atom stereocenters. The zero-order valence-corrected chi connectivity index (χ0v) is 14.1. The highest BCUT2D eigenvalue weighted by Crippen LogP contribution is 2.41. The van der Waals surface area contributed by atoms with Crippen LogP contribution in [0.1, 0.15) is 11.6 Å².